The van der Waals surface area contributed by atoms with Gasteiger partial charge in [-0.05, 0) is 116 Å². The van der Waals surface area contributed by atoms with Gasteiger partial charge in [0.05, 0.1) is 13.2 Å². The van der Waals surface area contributed by atoms with Crippen LogP contribution in [0.3, 0.4) is 0 Å². The van der Waals surface area contributed by atoms with Gasteiger partial charge in [-0.1, -0.05) is 39.5 Å². The second-order valence-corrected chi connectivity index (χ2v) is 14.1. The molecule has 2 atom stereocenters. The van der Waals surface area contributed by atoms with Crippen molar-refractivity contribution in [2.75, 3.05) is 26.3 Å². The zero-order valence-electron chi connectivity index (χ0n) is 28.9. The number of rotatable bonds is 21. The first-order chi connectivity index (χ1) is 20.8. The summed E-state index contributed by atoms with van der Waals surface area (Å²) in [5, 5.41) is 7.07. The fraction of sp³-hybridized carbons (Fsp3) is 0.632. The van der Waals surface area contributed by atoms with Gasteiger partial charge < -0.3 is 20.1 Å². The van der Waals surface area contributed by atoms with E-state index in [0.29, 0.717) is 50.3 Å². The molecule has 0 aliphatic heterocycles. The average molecular weight is 609 g/mol. The van der Waals surface area contributed by atoms with Crippen LogP contribution in [0.1, 0.15) is 127 Å². The van der Waals surface area contributed by atoms with Crippen LogP contribution >= 0.6 is 0 Å². The van der Waals surface area contributed by atoms with E-state index in [1.165, 1.54) is 0 Å². The quantitative estimate of drug-likeness (QED) is 0.109. The Hall–Kier alpha value is -2.70. The second-order valence-electron chi connectivity index (χ2n) is 14.1. The summed E-state index contributed by atoms with van der Waals surface area (Å²) in [7, 11) is 0. The van der Waals surface area contributed by atoms with Gasteiger partial charge in [-0.2, -0.15) is 0 Å². The second kappa shape index (κ2) is 19.0. The third-order valence-corrected chi connectivity index (χ3v) is 7.67. The molecule has 2 N–H and O–H groups in total. The Morgan fingerprint density at radius 3 is 1.23 bits per heavy atom. The van der Waals surface area contributed by atoms with Crippen molar-refractivity contribution in [3.8, 4) is 11.5 Å². The lowest BCUT2D eigenvalue weighted by atomic mass is 9.85. The Labute approximate surface area is 268 Å². The van der Waals surface area contributed by atoms with Crippen molar-refractivity contribution in [1.82, 2.24) is 10.6 Å². The van der Waals surface area contributed by atoms with Gasteiger partial charge in [0.15, 0.2) is 11.6 Å². The summed E-state index contributed by atoms with van der Waals surface area (Å²) < 4.78 is 11.7. The number of ketones is 2. The van der Waals surface area contributed by atoms with E-state index < -0.39 is 0 Å². The first-order valence-electron chi connectivity index (χ1n) is 16.9. The van der Waals surface area contributed by atoms with E-state index in [4.69, 9.17) is 9.47 Å². The number of benzene rings is 2. The van der Waals surface area contributed by atoms with Crippen LogP contribution in [0, 0.1) is 11.8 Å². The number of unbranched alkanes of at least 4 members (excludes halogenated alkanes) is 4. The molecule has 2 aromatic carbocycles. The van der Waals surface area contributed by atoms with E-state index in [-0.39, 0.29) is 34.5 Å². The van der Waals surface area contributed by atoms with Gasteiger partial charge in [0.1, 0.15) is 11.5 Å². The van der Waals surface area contributed by atoms with Crippen molar-refractivity contribution >= 4 is 11.6 Å². The minimum absolute atomic E-state index is 0.0961. The van der Waals surface area contributed by atoms with Crippen molar-refractivity contribution in [2.45, 2.75) is 118 Å². The van der Waals surface area contributed by atoms with Crippen molar-refractivity contribution in [2.24, 2.45) is 11.8 Å². The normalized spacial score (nSPS) is 13.4. The number of hydrogen-bond donors (Lipinski definition) is 2. The molecule has 0 fully saturated rings. The summed E-state index contributed by atoms with van der Waals surface area (Å²) in [5.74, 6) is 1.26. The van der Waals surface area contributed by atoms with Gasteiger partial charge in [0.2, 0.25) is 0 Å². The summed E-state index contributed by atoms with van der Waals surface area (Å²) in [6, 6.07) is 15.1. The molecule has 0 aliphatic rings. The van der Waals surface area contributed by atoms with Crippen LogP contribution in [-0.2, 0) is 0 Å². The monoisotopic (exact) mass is 608 g/mol. The topological polar surface area (TPSA) is 76.7 Å². The van der Waals surface area contributed by atoms with Crippen LogP contribution in [0.5, 0.6) is 11.5 Å². The van der Waals surface area contributed by atoms with Crippen LogP contribution in [0.4, 0.5) is 0 Å². The molecule has 0 radical (unpaired) electrons. The van der Waals surface area contributed by atoms with Gasteiger partial charge >= 0.3 is 0 Å². The third kappa shape index (κ3) is 14.9. The van der Waals surface area contributed by atoms with Gasteiger partial charge in [0.25, 0.3) is 0 Å². The minimum Gasteiger partial charge on any atom is -0.494 e. The lowest BCUT2D eigenvalue weighted by Crippen LogP contribution is -2.42. The van der Waals surface area contributed by atoms with Crippen LogP contribution < -0.4 is 20.1 Å². The highest BCUT2D eigenvalue weighted by atomic mass is 16.5. The van der Waals surface area contributed by atoms with Gasteiger partial charge in [-0.3, -0.25) is 9.59 Å². The standard InChI is InChI=1S/C38H60N2O4/c1-9-11-13-25-43-33-21-17-29(18-22-33)35(41)31(27-39-37(3,4)5)15-16-32(28-40-38(6,7)8)36(42)30-19-23-34(24-20-30)44-26-14-12-10-2/h17-24,31-32,39-40H,9-16,25-28H2,1-8H3/t31-,32-/m1/s1. The number of carbonyl (C=O) groups excluding carboxylic acids is 2. The van der Waals surface area contributed by atoms with E-state index in [9.17, 15) is 9.59 Å². The minimum atomic E-state index is -0.255. The summed E-state index contributed by atoms with van der Waals surface area (Å²) in [4.78, 5) is 27.6. The van der Waals surface area contributed by atoms with Gasteiger partial charge in [-0.15, -0.1) is 0 Å². The molecule has 0 unspecified atom stereocenters. The first-order valence-corrected chi connectivity index (χ1v) is 16.9. The average Bonchev–Trinajstić information content (AvgIpc) is 2.98. The maximum absolute atomic E-state index is 13.8. The van der Waals surface area contributed by atoms with Crippen molar-refractivity contribution in [3.63, 3.8) is 0 Å². The molecule has 0 spiro atoms. The maximum Gasteiger partial charge on any atom is 0.167 e. The lowest BCUT2D eigenvalue weighted by molar-refractivity contribution is 0.0858. The van der Waals surface area contributed by atoms with Crippen molar-refractivity contribution in [1.29, 1.82) is 0 Å². The van der Waals surface area contributed by atoms with Gasteiger partial charge in [-0.25, -0.2) is 0 Å². The summed E-state index contributed by atoms with van der Waals surface area (Å²) in [6.45, 7) is 19.5. The maximum atomic E-state index is 13.8. The highest BCUT2D eigenvalue weighted by Gasteiger charge is 2.27. The molecule has 2 rings (SSSR count). The zero-order chi connectivity index (χ0) is 32.6. The molecular formula is C38H60N2O4. The lowest BCUT2D eigenvalue weighted by Gasteiger charge is -2.28. The molecule has 0 aliphatic carbocycles. The molecule has 0 aromatic heterocycles. The molecule has 0 saturated carbocycles. The molecule has 246 valence electrons. The molecular weight excluding hydrogens is 548 g/mol. The van der Waals surface area contributed by atoms with Crippen molar-refractivity contribution < 1.29 is 19.1 Å². The summed E-state index contributed by atoms with van der Waals surface area (Å²) >= 11 is 0. The molecule has 0 saturated heterocycles. The predicted octanol–water partition coefficient (Wildman–Crippen LogP) is 8.68. The molecule has 2 aromatic rings. The molecule has 0 heterocycles. The molecule has 0 bridgehead atoms. The molecule has 6 nitrogen and oxygen atoms in total. The highest BCUT2D eigenvalue weighted by Crippen LogP contribution is 2.24. The Balaban J connectivity index is 2.17. The summed E-state index contributed by atoms with van der Waals surface area (Å²) in [5.41, 5.74) is 1.10. The third-order valence-electron chi connectivity index (χ3n) is 7.67. The fourth-order valence-corrected chi connectivity index (χ4v) is 4.90. The number of carbonyl (C=O) groups is 2. The van der Waals surface area contributed by atoms with E-state index in [2.05, 4.69) is 66.0 Å². The Morgan fingerprint density at radius 2 is 0.932 bits per heavy atom. The Morgan fingerprint density at radius 1 is 0.591 bits per heavy atom. The van der Waals surface area contributed by atoms with Crippen molar-refractivity contribution in [3.05, 3.63) is 59.7 Å². The molecule has 44 heavy (non-hydrogen) atoms. The Kier molecular flexibility index (Phi) is 16.2. The van der Waals surface area contributed by atoms with E-state index in [1.54, 1.807) is 0 Å². The zero-order valence-corrected chi connectivity index (χ0v) is 28.9. The van der Waals surface area contributed by atoms with Gasteiger partial charge in [0, 0.05) is 47.1 Å². The largest absolute Gasteiger partial charge is 0.494 e. The fourth-order valence-electron chi connectivity index (χ4n) is 4.90. The number of nitrogens with one attached hydrogen (secondary N) is 2. The van der Waals surface area contributed by atoms with Crippen LogP contribution in [0.15, 0.2) is 48.5 Å². The van der Waals surface area contributed by atoms with E-state index in [0.717, 1.165) is 50.0 Å². The number of Topliss-reactive ketones (excluding diaryl/α,β-unsaturated/α-hetero) is 2. The SMILES string of the molecule is CCCCCOc1ccc(C(=O)[C@H](CC[C@H](CNC(C)(C)C)C(=O)c2ccc(OCCCCC)cc2)CNC(C)(C)C)cc1. The van der Waals surface area contributed by atoms with Crippen LogP contribution in [0.25, 0.3) is 0 Å². The van der Waals surface area contributed by atoms with Crippen LogP contribution in [-0.4, -0.2) is 48.9 Å². The smallest absolute Gasteiger partial charge is 0.167 e. The first kappa shape index (κ1) is 37.5. The van der Waals surface area contributed by atoms with E-state index in [1.807, 2.05) is 48.5 Å². The Bertz CT molecular complexity index is 1010. The number of ether oxygens (including phenoxy) is 2. The van der Waals surface area contributed by atoms with E-state index >= 15 is 0 Å². The number of hydrogen-bond acceptors (Lipinski definition) is 6. The molecule has 0 amide bonds. The predicted molar refractivity (Wildman–Crippen MR) is 183 cm³/mol. The summed E-state index contributed by atoms with van der Waals surface area (Å²) in [6.07, 6.45) is 7.87. The molecule has 6 heteroatoms. The highest BCUT2D eigenvalue weighted by molar-refractivity contribution is 5.99. The van der Waals surface area contributed by atoms with Crippen LogP contribution in [0.2, 0.25) is 0 Å².